The zero-order valence-corrected chi connectivity index (χ0v) is 19.7. The van der Waals surface area contributed by atoms with Crippen molar-refractivity contribution in [1.29, 1.82) is 0 Å². The molecule has 33 heavy (non-hydrogen) atoms. The van der Waals surface area contributed by atoms with Crippen molar-refractivity contribution in [2.45, 2.75) is 83.7 Å². The summed E-state index contributed by atoms with van der Waals surface area (Å²) in [6.07, 6.45) is 12.6. The molecule has 0 radical (unpaired) electrons. The lowest BCUT2D eigenvalue weighted by atomic mass is 9.98. The highest BCUT2D eigenvalue weighted by Crippen LogP contribution is 2.22. The summed E-state index contributed by atoms with van der Waals surface area (Å²) >= 11 is 0. The Labute approximate surface area is 197 Å². The fraction of sp³-hybridized carbons (Fsp3) is 0.500. The molecule has 1 saturated carbocycles. The number of rotatable bonds is 12. The maximum Gasteiger partial charge on any atom is 0.343 e. The number of ether oxygens (including phenoxy) is 3. The lowest BCUT2D eigenvalue weighted by molar-refractivity contribution is 0.0211. The summed E-state index contributed by atoms with van der Waals surface area (Å²) < 4.78 is 16.8. The Kier molecular flexibility index (Phi) is 10.3. The van der Waals surface area contributed by atoms with E-state index in [2.05, 4.69) is 6.92 Å². The largest absolute Gasteiger partial charge is 0.494 e. The van der Waals surface area contributed by atoms with Gasteiger partial charge in [0.25, 0.3) is 0 Å². The second kappa shape index (κ2) is 13.7. The Balaban J connectivity index is 1.41. The van der Waals surface area contributed by atoms with Crippen molar-refractivity contribution in [3.63, 3.8) is 0 Å². The summed E-state index contributed by atoms with van der Waals surface area (Å²) in [4.78, 5) is 24.7. The first-order chi connectivity index (χ1) is 16.2. The Bertz CT molecular complexity index is 851. The van der Waals surface area contributed by atoms with Crippen molar-refractivity contribution in [2.75, 3.05) is 6.61 Å². The van der Waals surface area contributed by atoms with Crippen LogP contribution in [0, 0.1) is 0 Å². The van der Waals surface area contributed by atoms with Crippen LogP contribution in [0.1, 0.15) is 98.3 Å². The molecule has 1 aliphatic rings. The lowest BCUT2D eigenvalue weighted by Crippen LogP contribution is -2.20. The van der Waals surface area contributed by atoms with Crippen molar-refractivity contribution in [3.8, 4) is 11.5 Å². The van der Waals surface area contributed by atoms with Gasteiger partial charge in [0.05, 0.1) is 17.7 Å². The van der Waals surface area contributed by atoms with Gasteiger partial charge < -0.3 is 14.2 Å². The summed E-state index contributed by atoms with van der Waals surface area (Å²) in [7, 11) is 0. The standard InChI is InChI=1S/C28H36O5/c1-2-3-4-5-6-10-21-31-24-17-13-22(14-18-24)28(30)33-26-19-15-23(16-20-26)27(29)32-25-11-8-7-9-12-25/h13-20,25H,2-12,21H2,1H3. The molecule has 0 atom stereocenters. The van der Waals surface area contributed by atoms with Gasteiger partial charge >= 0.3 is 11.9 Å². The molecule has 0 unspecified atom stereocenters. The van der Waals surface area contributed by atoms with E-state index in [4.69, 9.17) is 14.2 Å². The van der Waals surface area contributed by atoms with Gasteiger partial charge in [-0.1, -0.05) is 45.4 Å². The molecule has 0 amide bonds. The SMILES string of the molecule is CCCCCCCCOc1ccc(C(=O)Oc2ccc(C(=O)OC3CCCCC3)cc2)cc1. The molecule has 0 spiro atoms. The number of benzene rings is 2. The fourth-order valence-electron chi connectivity index (χ4n) is 3.99. The molecule has 0 aliphatic heterocycles. The Hall–Kier alpha value is -2.82. The highest BCUT2D eigenvalue weighted by Gasteiger charge is 2.19. The average Bonchev–Trinajstić information content (AvgIpc) is 2.85. The molecule has 0 saturated heterocycles. The van der Waals surface area contributed by atoms with Gasteiger partial charge in [0, 0.05) is 0 Å². The van der Waals surface area contributed by atoms with Gasteiger partial charge in [0.15, 0.2) is 0 Å². The molecule has 0 N–H and O–H groups in total. The summed E-state index contributed by atoms with van der Waals surface area (Å²) in [6, 6.07) is 13.5. The van der Waals surface area contributed by atoms with Crippen LogP contribution in [-0.4, -0.2) is 24.6 Å². The third kappa shape index (κ3) is 8.56. The van der Waals surface area contributed by atoms with Crippen LogP contribution in [0.15, 0.2) is 48.5 Å². The van der Waals surface area contributed by atoms with E-state index in [0.29, 0.717) is 23.5 Å². The van der Waals surface area contributed by atoms with Crippen LogP contribution in [0.2, 0.25) is 0 Å². The third-order valence-corrected chi connectivity index (χ3v) is 5.98. The predicted octanol–water partition coefficient (Wildman–Crippen LogP) is 7.13. The van der Waals surface area contributed by atoms with Gasteiger partial charge in [-0.15, -0.1) is 0 Å². The van der Waals surface area contributed by atoms with Crippen LogP contribution in [0.5, 0.6) is 11.5 Å². The monoisotopic (exact) mass is 452 g/mol. The Morgan fingerprint density at radius 1 is 0.727 bits per heavy atom. The number of esters is 2. The van der Waals surface area contributed by atoms with Gasteiger partial charge in [-0.05, 0) is 80.6 Å². The van der Waals surface area contributed by atoms with Crippen molar-refractivity contribution >= 4 is 11.9 Å². The number of unbranched alkanes of at least 4 members (excludes halogenated alkanes) is 5. The molecule has 3 rings (SSSR count). The minimum absolute atomic E-state index is 0.0153. The number of hydrogen-bond acceptors (Lipinski definition) is 5. The Morgan fingerprint density at radius 3 is 1.97 bits per heavy atom. The quantitative estimate of drug-likeness (QED) is 0.195. The smallest absolute Gasteiger partial charge is 0.343 e. The molecular formula is C28H36O5. The van der Waals surface area contributed by atoms with E-state index < -0.39 is 5.97 Å². The third-order valence-electron chi connectivity index (χ3n) is 5.98. The van der Waals surface area contributed by atoms with E-state index in [1.54, 1.807) is 48.5 Å². The van der Waals surface area contributed by atoms with Crippen LogP contribution >= 0.6 is 0 Å². The summed E-state index contributed by atoms with van der Waals surface area (Å²) in [5.41, 5.74) is 0.912. The second-order valence-electron chi connectivity index (χ2n) is 8.72. The molecule has 2 aromatic carbocycles. The normalized spacial score (nSPS) is 14.0. The first-order valence-corrected chi connectivity index (χ1v) is 12.4. The maximum absolute atomic E-state index is 12.4. The highest BCUT2D eigenvalue weighted by atomic mass is 16.5. The van der Waals surface area contributed by atoms with Gasteiger partial charge in [0.1, 0.15) is 17.6 Å². The van der Waals surface area contributed by atoms with Crippen LogP contribution < -0.4 is 9.47 Å². The summed E-state index contributed by atoms with van der Waals surface area (Å²) in [6.45, 7) is 2.90. The van der Waals surface area contributed by atoms with E-state index in [1.807, 2.05) is 0 Å². The van der Waals surface area contributed by atoms with Crippen molar-refractivity contribution in [2.24, 2.45) is 0 Å². The molecule has 1 aliphatic carbocycles. The van der Waals surface area contributed by atoms with Gasteiger partial charge in [-0.25, -0.2) is 9.59 Å². The van der Waals surface area contributed by atoms with E-state index in [0.717, 1.165) is 37.9 Å². The zero-order chi connectivity index (χ0) is 23.3. The van der Waals surface area contributed by atoms with Crippen molar-refractivity contribution in [1.82, 2.24) is 0 Å². The molecule has 0 bridgehead atoms. The molecule has 178 valence electrons. The molecular weight excluding hydrogens is 416 g/mol. The molecule has 5 heteroatoms. The van der Waals surface area contributed by atoms with Crippen LogP contribution in [0.3, 0.4) is 0 Å². The van der Waals surface area contributed by atoms with Crippen molar-refractivity contribution < 1.29 is 23.8 Å². The highest BCUT2D eigenvalue weighted by molar-refractivity contribution is 5.92. The Morgan fingerprint density at radius 2 is 1.30 bits per heavy atom. The zero-order valence-electron chi connectivity index (χ0n) is 19.7. The number of carbonyl (C=O) groups excluding carboxylic acids is 2. The molecule has 0 aromatic heterocycles. The van der Waals surface area contributed by atoms with Gasteiger partial charge in [0.2, 0.25) is 0 Å². The average molecular weight is 453 g/mol. The van der Waals surface area contributed by atoms with Crippen LogP contribution in [0.25, 0.3) is 0 Å². The van der Waals surface area contributed by atoms with Gasteiger partial charge in [-0.2, -0.15) is 0 Å². The minimum Gasteiger partial charge on any atom is -0.494 e. The molecule has 1 fully saturated rings. The minimum atomic E-state index is -0.449. The molecule has 5 nitrogen and oxygen atoms in total. The molecule has 0 heterocycles. The fourth-order valence-corrected chi connectivity index (χ4v) is 3.99. The topological polar surface area (TPSA) is 61.8 Å². The van der Waals surface area contributed by atoms with Gasteiger partial charge in [-0.3, -0.25) is 0 Å². The lowest BCUT2D eigenvalue weighted by Gasteiger charge is -2.21. The molecule has 2 aromatic rings. The number of hydrogen-bond donors (Lipinski definition) is 0. The van der Waals surface area contributed by atoms with E-state index >= 15 is 0 Å². The first kappa shape index (κ1) is 24.8. The summed E-state index contributed by atoms with van der Waals surface area (Å²) in [5, 5.41) is 0. The van der Waals surface area contributed by atoms with E-state index in [-0.39, 0.29) is 12.1 Å². The number of carbonyl (C=O) groups is 2. The first-order valence-electron chi connectivity index (χ1n) is 12.4. The van der Waals surface area contributed by atoms with E-state index in [9.17, 15) is 9.59 Å². The maximum atomic E-state index is 12.4. The predicted molar refractivity (Wildman–Crippen MR) is 129 cm³/mol. The van der Waals surface area contributed by atoms with Crippen molar-refractivity contribution in [3.05, 3.63) is 59.7 Å². The van der Waals surface area contributed by atoms with Crippen LogP contribution in [-0.2, 0) is 4.74 Å². The van der Waals surface area contributed by atoms with E-state index in [1.165, 1.54) is 38.5 Å². The summed E-state index contributed by atoms with van der Waals surface area (Å²) in [5.74, 6) is 0.366. The van der Waals surface area contributed by atoms with Crippen LogP contribution in [0.4, 0.5) is 0 Å². The second-order valence-corrected chi connectivity index (χ2v) is 8.72.